The van der Waals surface area contributed by atoms with Crippen molar-refractivity contribution < 1.29 is 5.11 Å². The number of fused-ring (bicyclic) bond motifs is 3. The van der Waals surface area contributed by atoms with E-state index in [4.69, 9.17) is 5.73 Å². The first-order chi connectivity index (χ1) is 7.25. The highest BCUT2D eigenvalue weighted by Gasteiger charge is 2.24. The number of aliphatic hydroxyl groups excluding tert-OH is 1. The number of nitrogens with zero attached hydrogens (tertiary/aromatic N) is 1. The van der Waals surface area contributed by atoms with Crippen LogP contribution in [0.25, 0.3) is 10.9 Å². The zero-order chi connectivity index (χ0) is 10.4. The van der Waals surface area contributed by atoms with E-state index in [-0.39, 0.29) is 12.1 Å². The van der Waals surface area contributed by atoms with Crippen molar-refractivity contribution in [2.24, 2.45) is 5.73 Å². The normalized spacial score (nSPS) is 25.5. The van der Waals surface area contributed by atoms with Crippen LogP contribution in [0.2, 0.25) is 0 Å². The van der Waals surface area contributed by atoms with E-state index in [9.17, 15) is 5.11 Å². The molecule has 0 bridgehead atoms. The summed E-state index contributed by atoms with van der Waals surface area (Å²) >= 11 is 0. The summed E-state index contributed by atoms with van der Waals surface area (Å²) in [6.45, 7) is 0.663. The van der Waals surface area contributed by atoms with Gasteiger partial charge in [-0.15, -0.1) is 0 Å². The molecule has 0 radical (unpaired) electrons. The lowest BCUT2D eigenvalue weighted by molar-refractivity contribution is 0.121. The van der Waals surface area contributed by atoms with E-state index in [1.165, 1.54) is 10.9 Å². The van der Waals surface area contributed by atoms with Gasteiger partial charge in [0.05, 0.1) is 6.10 Å². The predicted octanol–water partition coefficient (Wildman–Crippen LogP) is 1.41. The summed E-state index contributed by atoms with van der Waals surface area (Å²) < 4.78 is 2.13. The van der Waals surface area contributed by atoms with Crippen molar-refractivity contribution in [1.82, 2.24) is 4.57 Å². The van der Waals surface area contributed by atoms with Crippen molar-refractivity contribution in [2.45, 2.75) is 25.1 Å². The third kappa shape index (κ3) is 1.28. The van der Waals surface area contributed by atoms with Crippen molar-refractivity contribution in [1.29, 1.82) is 0 Å². The standard InChI is InChI=1S/C12H14N2O/c13-10-6-9(15)7-14-11-4-2-1-3-8(11)5-12(10)14/h1-5,9-10,15H,6-7,13H2/t9-,10+/m1/s1. The third-order valence-corrected chi connectivity index (χ3v) is 3.14. The Morgan fingerprint density at radius 1 is 1.33 bits per heavy atom. The molecule has 78 valence electrons. The van der Waals surface area contributed by atoms with E-state index in [1.54, 1.807) is 0 Å². The molecule has 15 heavy (non-hydrogen) atoms. The molecule has 0 saturated carbocycles. The van der Waals surface area contributed by atoms with Gasteiger partial charge in [0.25, 0.3) is 0 Å². The molecule has 0 saturated heterocycles. The Morgan fingerprint density at radius 3 is 3.00 bits per heavy atom. The minimum atomic E-state index is -0.316. The average Bonchev–Trinajstić information content (AvgIpc) is 2.57. The van der Waals surface area contributed by atoms with Crippen LogP contribution in [-0.2, 0) is 6.54 Å². The van der Waals surface area contributed by atoms with E-state index >= 15 is 0 Å². The van der Waals surface area contributed by atoms with Crippen LogP contribution in [0.5, 0.6) is 0 Å². The SMILES string of the molecule is N[C@H]1C[C@@H](O)Cn2c1cc1ccccc12. The predicted molar refractivity (Wildman–Crippen MR) is 59.5 cm³/mol. The Hall–Kier alpha value is -1.32. The van der Waals surface area contributed by atoms with E-state index in [0.29, 0.717) is 13.0 Å². The second-order valence-electron chi connectivity index (χ2n) is 4.23. The zero-order valence-electron chi connectivity index (χ0n) is 8.43. The fourth-order valence-corrected chi connectivity index (χ4v) is 2.44. The van der Waals surface area contributed by atoms with Crippen molar-refractivity contribution in [2.75, 3.05) is 0 Å². The smallest absolute Gasteiger partial charge is 0.0737 e. The zero-order valence-corrected chi connectivity index (χ0v) is 8.43. The first-order valence-electron chi connectivity index (χ1n) is 5.27. The van der Waals surface area contributed by atoms with Crippen LogP contribution in [0.4, 0.5) is 0 Å². The molecule has 0 spiro atoms. The van der Waals surface area contributed by atoms with Crippen LogP contribution in [0, 0.1) is 0 Å². The van der Waals surface area contributed by atoms with Crippen molar-refractivity contribution in [3.8, 4) is 0 Å². The summed E-state index contributed by atoms with van der Waals surface area (Å²) in [5.41, 5.74) is 8.33. The minimum absolute atomic E-state index is 0.0406. The van der Waals surface area contributed by atoms with Crippen LogP contribution in [-0.4, -0.2) is 15.8 Å². The summed E-state index contributed by atoms with van der Waals surface area (Å²) in [7, 11) is 0. The molecule has 1 aromatic carbocycles. The summed E-state index contributed by atoms with van der Waals surface area (Å²) in [5, 5.41) is 10.9. The molecule has 0 amide bonds. The number of benzene rings is 1. The molecular formula is C12H14N2O. The van der Waals surface area contributed by atoms with Gasteiger partial charge in [0, 0.05) is 23.8 Å². The fourth-order valence-electron chi connectivity index (χ4n) is 2.44. The molecule has 1 aliphatic heterocycles. The van der Waals surface area contributed by atoms with Crippen LogP contribution >= 0.6 is 0 Å². The average molecular weight is 202 g/mol. The quantitative estimate of drug-likeness (QED) is 0.678. The first-order valence-corrected chi connectivity index (χ1v) is 5.27. The number of para-hydroxylation sites is 1. The summed E-state index contributed by atoms with van der Waals surface area (Å²) in [6, 6.07) is 10.3. The Morgan fingerprint density at radius 2 is 2.13 bits per heavy atom. The van der Waals surface area contributed by atoms with Gasteiger partial charge in [-0.05, 0) is 23.9 Å². The summed E-state index contributed by atoms with van der Waals surface area (Å²) in [5.74, 6) is 0. The van der Waals surface area contributed by atoms with Crippen molar-refractivity contribution in [3.63, 3.8) is 0 Å². The Bertz CT molecular complexity index is 503. The molecule has 1 aromatic heterocycles. The number of nitrogens with two attached hydrogens (primary N) is 1. The van der Waals surface area contributed by atoms with Gasteiger partial charge in [0.1, 0.15) is 0 Å². The first kappa shape index (κ1) is 8.95. The number of aliphatic hydroxyl groups is 1. The van der Waals surface area contributed by atoms with Crippen LogP contribution in [0.1, 0.15) is 18.2 Å². The molecule has 3 nitrogen and oxygen atoms in total. The molecule has 0 fully saturated rings. The largest absolute Gasteiger partial charge is 0.391 e. The lowest BCUT2D eigenvalue weighted by atomic mass is 10.0. The van der Waals surface area contributed by atoms with Gasteiger partial charge in [-0.2, -0.15) is 0 Å². The highest BCUT2D eigenvalue weighted by atomic mass is 16.3. The maximum absolute atomic E-state index is 9.70. The lowest BCUT2D eigenvalue weighted by Gasteiger charge is -2.26. The topological polar surface area (TPSA) is 51.2 Å². The number of aromatic nitrogens is 1. The maximum Gasteiger partial charge on any atom is 0.0737 e. The molecule has 0 unspecified atom stereocenters. The molecule has 2 aromatic rings. The molecule has 1 aliphatic rings. The summed E-state index contributed by atoms with van der Waals surface area (Å²) in [4.78, 5) is 0. The second-order valence-corrected chi connectivity index (χ2v) is 4.23. The minimum Gasteiger partial charge on any atom is -0.391 e. The van der Waals surface area contributed by atoms with E-state index in [1.807, 2.05) is 12.1 Å². The Labute approximate surface area is 88.1 Å². The molecule has 0 aliphatic carbocycles. The number of hydrogen-bond acceptors (Lipinski definition) is 2. The molecule has 2 atom stereocenters. The number of hydrogen-bond donors (Lipinski definition) is 2. The van der Waals surface area contributed by atoms with Gasteiger partial charge in [-0.3, -0.25) is 0 Å². The molecule has 3 heteroatoms. The maximum atomic E-state index is 9.70. The molecule has 2 heterocycles. The van der Waals surface area contributed by atoms with Crippen LogP contribution in [0.15, 0.2) is 30.3 Å². The van der Waals surface area contributed by atoms with Gasteiger partial charge in [-0.25, -0.2) is 0 Å². The van der Waals surface area contributed by atoms with Gasteiger partial charge in [0.15, 0.2) is 0 Å². The Kier molecular flexibility index (Phi) is 1.84. The monoisotopic (exact) mass is 202 g/mol. The van der Waals surface area contributed by atoms with Crippen molar-refractivity contribution >= 4 is 10.9 Å². The van der Waals surface area contributed by atoms with Gasteiger partial charge < -0.3 is 15.4 Å². The molecule has 3 rings (SSSR count). The Balaban J connectivity index is 2.27. The van der Waals surface area contributed by atoms with Crippen LogP contribution in [0.3, 0.4) is 0 Å². The van der Waals surface area contributed by atoms with Gasteiger partial charge in [0.2, 0.25) is 0 Å². The molecular weight excluding hydrogens is 188 g/mol. The summed E-state index contributed by atoms with van der Waals surface area (Å²) in [6.07, 6.45) is 0.347. The fraction of sp³-hybridized carbons (Fsp3) is 0.333. The lowest BCUT2D eigenvalue weighted by Crippen LogP contribution is -2.31. The van der Waals surface area contributed by atoms with E-state index < -0.39 is 0 Å². The van der Waals surface area contributed by atoms with Crippen LogP contribution < -0.4 is 5.73 Å². The highest BCUT2D eigenvalue weighted by Crippen LogP contribution is 2.29. The van der Waals surface area contributed by atoms with E-state index in [0.717, 1.165) is 5.69 Å². The third-order valence-electron chi connectivity index (χ3n) is 3.14. The van der Waals surface area contributed by atoms with Crippen molar-refractivity contribution in [3.05, 3.63) is 36.0 Å². The van der Waals surface area contributed by atoms with Gasteiger partial charge >= 0.3 is 0 Å². The highest BCUT2D eigenvalue weighted by molar-refractivity contribution is 5.81. The second kappa shape index (κ2) is 3.08. The van der Waals surface area contributed by atoms with E-state index in [2.05, 4.69) is 22.8 Å². The van der Waals surface area contributed by atoms with Gasteiger partial charge in [-0.1, -0.05) is 18.2 Å². The number of rotatable bonds is 0. The molecule has 3 N–H and O–H groups in total.